The molecule has 0 aliphatic heterocycles. The molecule has 2 atom stereocenters. The molecule has 2 aromatic rings. The number of hydrogen-bond donors (Lipinski definition) is 3. The fourth-order valence-corrected chi connectivity index (χ4v) is 4.40. The van der Waals surface area contributed by atoms with Crippen molar-refractivity contribution in [2.75, 3.05) is 10.7 Å². The lowest BCUT2D eigenvalue weighted by Crippen LogP contribution is -2.51. The molecule has 0 fully saturated rings. The number of nitrogens with zero attached hydrogens (tertiary/aromatic N) is 3. The topological polar surface area (TPSA) is 142 Å². The van der Waals surface area contributed by atoms with Gasteiger partial charge in [-0.25, -0.2) is 23.9 Å². The summed E-state index contributed by atoms with van der Waals surface area (Å²) in [4.78, 5) is 34.3. The van der Waals surface area contributed by atoms with E-state index in [1.54, 1.807) is 25.4 Å². The van der Waals surface area contributed by atoms with Gasteiger partial charge in [-0.2, -0.15) is 4.41 Å². The highest BCUT2D eigenvalue weighted by molar-refractivity contribution is 7.92. The van der Waals surface area contributed by atoms with Crippen molar-refractivity contribution in [3.8, 4) is 0 Å². The summed E-state index contributed by atoms with van der Waals surface area (Å²) in [6.45, 7) is 7.07. The quantitative estimate of drug-likeness (QED) is 0.316. The molecular formula is C24H33N5O5S. The van der Waals surface area contributed by atoms with Crippen LogP contribution in [0.15, 0.2) is 42.5 Å². The highest BCUT2D eigenvalue weighted by Crippen LogP contribution is 2.26. The van der Waals surface area contributed by atoms with Gasteiger partial charge in [0.15, 0.2) is 5.82 Å². The minimum absolute atomic E-state index is 0.00747. The number of nitrogens with one attached hydrogen (secondary N) is 2. The van der Waals surface area contributed by atoms with Gasteiger partial charge in [-0.3, -0.25) is 20.2 Å². The molecule has 0 radical (unpaired) electrons. The Morgan fingerprint density at radius 3 is 2.29 bits per heavy atom. The normalized spacial score (nSPS) is 13.5. The second kappa shape index (κ2) is 12.4. The van der Waals surface area contributed by atoms with E-state index in [0.717, 1.165) is 11.8 Å². The van der Waals surface area contributed by atoms with Gasteiger partial charge in [0.05, 0.1) is 18.1 Å². The highest BCUT2D eigenvalue weighted by Gasteiger charge is 2.35. The zero-order valence-corrected chi connectivity index (χ0v) is 21.4. The van der Waals surface area contributed by atoms with Crippen LogP contribution in [0.3, 0.4) is 0 Å². The maximum absolute atomic E-state index is 13.4. The Morgan fingerprint density at radius 2 is 1.74 bits per heavy atom. The fraction of sp³-hybridized carbons (Fsp3) is 0.417. The van der Waals surface area contributed by atoms with Gasteiger partial charge < -0.3 is 0 Å². The van der Waals surface area contributed by atoms with Crippen molar-refractivity contribution in [2.45, 2.75) is 40.5 Å². The first-order valence-electron chi connectivity index (χ1n) is 11.2. The SMILES string of the molecule is Cc1cc(N(NC(=O)[C@H](CC(C)C)[C@H](CC=Cc2ccccc2)C(=O)NO)S(C)(=O)=O)nc(C)n1. The summed E-state index contributed by atoms with van der Waals surface area (Å²) in [5.41, 5.74) is 5.52. The number of anilines is 1. The molecule has 0 saturated heterocycles. The van der Waals surface area contributed by atoms with Gasteiger partial charge in [-0.05, 0) is 38.2 Å². The molecule has 0 bridgehead atoms. The van der Waals surface area contributed by atoms with E-state index in [9.17, 15) is 23.2 Å². The van der Waals surface area contributed by atoms with Crippen LogP contribution in [0, 0.1) is 31.6 Å². The number of benzene rings is 1. The third-order valence-corrected chi connectivity index (χ3v) is 6.14. The number of aromatic nitrogens is 2. The number of hydroxylamine groups is 1. The van der Waals surface area contributed by atoms with Gasteiger partial charge in [-0.1, -0.05) is 56.3 Å². The molecule has 190 valence electrons. The van der Waals surface area contributed by atoms with Gasteiger partial charge in [0.2, 0.25) is 11.8 Å². The minimum Gasteiger partial charge on any atom is -0.289 e. The lowest BCUT2D eigenvalue weighted by atomic mass is 9.82. The van der Waals surface area contributed by atoms with Crippen LogP contribution in [0.25, 0.3) is 6.08 Å². The van der Waals surface area contributed by atoms with E-state index in [2.05, 4.69) is 15.4 Å². The van der Waals surface area contributed by atoms with Gasteiger partial charge in [0, 0.05) is 11.8 Å². The molecule has 0 aliphatic rings. The first kappa shape index (κ1) is 27.9. The van der Waals surface area contributed by atoms with Gasteiger partial charge in [-0.15, -0.1) is 0 Å². The average molecular weight is 504 g/mol. The van der Waals surface area contributed by atoms with Crippen molar-refractivity contribution in [1.82, 2.24) is 20.9 Å². The summed E-state index contributed by atoms with van der Waals surface area (Å²) in [7, 11) is -3.97. The standard InChI is InChI=1S/C24H33N5O5S/c1-16(2)14-21(20(24(31)28-32)13-9-12-19-10-7-6-8-11-19)23(30)27-29(35(5,33)34)22-15-17(3)25-18(4)26-22/h6-12,15-16,20-21,32H,13-14H2,1-5H3,(H,27,30)(H,28,31)/t20-,21+/m0/s1. The predicted molar refractivity (Wildman–Crippen MR) is 133 cm³/mol. The number of carbonyl (C=O) groups is 2. The van der Waals surface area contributed by atoms with Crippen molar-refractivity contribution in [3.63, 3.8) is 0 Å². The Kier molecular flexibility index (Phi) is 9.90. The summed E-state index contributed by atoms with van der Waals surface area (Å²) >= 11 is 0. The van der Waals surface area contributed by atoms with Gasteiger partial charge in [0.25, 0.3) is 10.0 Å². The zero-order valence-electron chi connectivity index (χ0n) is 20.6. The van der Waals surface area contributed by atoms with Crippen molar-refractivity contribution >= 4 is 33.7 Å². The Labute approximate surface area is 206 Å². The molecule has 0 aliphatic carbocycles. The van der Waals surface area contributed by atoms with Crippen LogP contribution in [-0.4, -0.2) is 41.7 Å². The highest BCUT2D eigenvalue weighted by atomic mass is 32.2. The zero-order chi connectivity index (χ0) is 26.2. The predicted octanol–water partition coefficient (Wildman–Crippen LogP) is 2.78. The van der Waals surface area contributed by atoms with Crippen LogP contribution < -0.4 is 15.3 Å². The van der Waals surface area contributed by atoms with E-state index in [1.807, 2.05) is 50.3 Å². The van der Waals surface area contributed by atoms with Crippen LogP contribution in [0.2, 0.25) is 0 Å². The van der Waals surface area contributed by atoms with Crippen molar-refractivity contribution in [2.24, 2.45) is 17.8 Å². The number of allylic oxidation sites excluding steroid dienone is 1. The second-order valence-corrected chi connectivity index (χ2v) is 10.6. The number of rotatable bonds is 11. The molecule has 0 unspecified atom stereocenters. The van der Waals surface area contributed by atoms with E-state index >= 15 is 0 Å². The van der Waals surface area contributed by atoms with Gasteiger partial charge in [0.1, 0.15) is 5.82 Å². The van der Waals surface area contributed by atoms with E-state index in [1.165, 1.54) is 6.07 Å². The van der Waals surface area contributed by atoms with Gasteiger partial charge >= 0.3 is 0 Å². The monoisotopic (exact) mass is 503 g/mol. The molecule has 3 N–H and O–H groups in total. The number of hydrogen-bond acceptors (Lipinski definition) is 7. The van der Waals surface area contributed by atoms with Crippen LogP contribution in [0.4, 0.5) is 5.82 Å². The Morgan fingerprint density at radius 1 is 1.09 bits per heavy atom. The molecule has 2 rings (SSSR count). The molecule has 0 saturated carbocycles. The average Bonchev–Trinajstić information content (AvgIpc) is 2.77. The Hall–Kier alpha value is -3.31. The maximum Gasteiger partial charge on any atom is 0.251 e. The third-order valence-electron chi connectivity index (χ3n) is 5.20. The first-order chi connectivity index (χ1) is 16.4. The van der Waals surface area contributed by atoms with E-state index < -0.39 is 33.7 Å². The summed E-state index contributed by atoms with van der Waals surface area (Å²) in [6.07, 6.45) is 4.94. The smallest absolute Gasteiger partial charge is 0.251 e. The Bertz CT molecular complexity index is 1130. The minimum atomic E-state index is -3.97. The number of carbonyl (C=O) groups excluding carboxylic acids is 2. The number of sulfonamides is 1. The van der Waals surface area contributed by atoms with Crippen LogP contribution >= 0.6 is 0 Å². The lowest BCUT2D eigenvalue weighted by molar-refractivity contribution is -0.140. The number of aryl methyl sites for hydroxylation is 2. The molecule has 35 heavy (non-hydrogen) atoms. The molecule has 0 spiro atoms. The number of hydrazine groups is 1. The Balaban J connectivity index is 2.39. The van der Waals surface area contributed by atoms with Crippen molar-refractivity contribution < 1.29 is 23.2 Å². The molecule has 10 nitrogen and oxygen atoms in total. The van der Waals surface area contributed by atoms with E-state index in [0.29, 0.717) is 15.9 Å². The summed E-state index contributed by atoms with van der Waals surface area (Å²) in [5.74, 6) is -2.96. The molecular weight excluding hydrogens is 470 g/mol. The van der Waals surface area contributed by atoms with Crippen LogP contribution in [-0.2, 0) is 19.6 Å². The summed E-state index contributed by atoms with van der Waals surface area (Å²) in [5, 5.41) is 9.36. The lowest BCUT2D eigenvalue weighted by Gasteiger charge is -2.29. The summed E-state index contributed by atoms with van der Waals surface area (Å²) in [6, 6.07) is 10.9. The molecule has 11 heteroatoms. The van der Waals surface area contributed by atoms with Crippen molar-refractivity contribution in [1.29, 1.82) is 0 Å². The van der Waals surface area contributed by atoms with E-state index in [-0.39, 0.29) is 24.6 Å². The maximum atomic E-state index is 13.4. The molecule has 2 amide bonds. The van der Waals surface area contributed by atoms with Crippen LogP contribution in [0.5, 0.6) is 0 Å². The number of amides is 2. The fourth-order valence-electron chi connectivity index (χ4n) is 3.71. The molecule has 1 aromatic heterocycles. The van der Waals surface area contributed by atoms with E-state index in [4.69, 9.17) is 0 Å². The second-order valence-electron chi connectivity index (χ2n) is 8.79. The van der Waals surface area contributed by atoms with Crippen molar-refractivity contribution in [3.05, 3.63) is 59.6 Å². The first-order valence-corrected chi connectivity index (χ1v) is 13.1. The third kappa shape index (κ3) is 8.45. The molecule has 1 heterocycles. The molecule has 1 aromatic carbocycles. The van der Waals surface area contributed by atoms with Crippen LogP contribution in [0.1, 0.15) is 43.8 Å². The largest absolute Gasteiger partial charge is 0.289 e. The summed E-state index contributed by atoms with van der Waals surface area (Å²) < 4.78 is 25.8.